The van der Waals surface area contributed by atoms with Gasteiger partial charge < -0.3 is 10.2 Å². The summed E-state index contributed by atoms with van der Waals surface area (Å²) in [6, 6.07) is 0. The van der Waals surface area contributed by atoms with Crippen molar-refractivity contribution >= 4 is 52.7 Å². The summed E-state index contributed by atoms with van der Waals surface area (Å²) in [6.07, 6.45) is 1.49. The topological polar surface area (TPSA) is 101 Å². The van der Waals surface area contributed by atoms with Gasteiger partial charge in [-0.05, 0) is 13.3 Å². The average Bonchev–Trinajstić information content (AvgIpc) is 2.65. The Morgan fingerprint density at radius 1 is 1.11 bits per heavy atom. The van der Waals surface area contributed by atoms with Crippen molar-refractivity contribution in [3.8, 4) is 0 Å². The van der Waals surface area contributed by atoms with E-state index < -0.39 is 5.92 Å². The van der Waals surface area contributed by atoms with E-state index in [0.29, 0.717) is 29.4 Å². The van der Waals surface area contributed by atoms with E-state index in [2.05, 4.69) is 5.32 Å². The second-order valence-electron chi connectivity index (χ2n) is 6.81. The van der Waals surface area contributed by atoms with Crippen LogP contribution in [0.15, 0.2) is 0 Å². The van der Waals surface area contributed by atoms with Gasteiger partial charge in [-0.15, -0.1) is 23.5 Å². The Balaban J connectivity index is 2.84. The van der Waals surface area contributed by atoms with E-state index in [1.165, 1.54) is 35.3 Å². The fourth-order valence-electron chi connectivity index (χ4n) is 2.68. The van der Waals surface area contributed by atoms with Crippen LogP contribution in [0.1, 0.15) is 46.0 Å². The SMILES string of the molecule is CCC(=O)CCN(CCC(C)=O)C(=O)C1CCC(=O)CSCSCC(=O)NC1. The lowest BCUT2D eigenvalue weighted by atomic mass is 9.99. The van der Waals surface area contributed by atoms with Gasteiger partial charge in [0, 0.05) is 50.4 Å². The summed E-state index contributed by atoms with van der Waals surface area (Å²) >= 11 is 2.93. The second-order valence-corrected chi connectivity index (χ2v) is 9.15. The number of carbonyl (C=O) groups is 5. The Hall–Kier alpha value is -1.35. The molecular formula is C19H30N2O5S2. The van der Waals surface area contributed by atoms with Gasteiger partial charge in [0.05, 0.1) is 17.4 Å². The summed E-state index contributed by atoms with van der Waals surface area (Å²) in [6.45, 7) is 3.90. The first-order valence-corrected chi connectivity index (χ1v) is 11.9. The van der Waals surface area contributed by atoms with Crippen LogP contribution in [0.5, 0.6) is 0 Å². The van der Waals surface area contributed by atoms with Crippen LogP contribution < -0.4 is 5.32 Å². The van der Waals surface area contributed by atoms with Crippen molar-refractivity contribution in [2.24, 2.45) is 5.92 Å². The van der Waals surface area contributed by atoms with Gasteiger partial charge in [0.2, 0.25) is 11.8 Å². The molecule has 1 rings (SSSR count). The zero-order valence-electron chi connectivity index (χ0n) is 16.7. The maximum absolute atomic E-state index is 13.1. The molecule has 158 valence electrons. The lowest BCUT2D eigenvalue weighted by molar-refractivity contribution is -0.136. The number of ketones is 3. The van der Waals surface area contributed by atoms with Crippen molar-refractivity contribution in [3.63, 3.8) is 0 Å². The number of hydrogen-bond acceptors (Lipinski definition) is 7. The largest absolute Gasteiger partial charge is 0.355 e. The highest BCUT2D eigenvalue weighted by Gasteiger charge is 2.26. The maximum atomic E-state index is 13.1. The number of carbonyl (C=O) groups excluding carboxylic acids is 5. The van der Waals surface area contributed by atoms with E-state index in [1.807, 2.05) is 0 Å². The van der Waals surface area contributed by atoms with E-state index >= 15 is 0 Å². The molecule has 28 heavy (non-hydrogen) atoms. The molecule has 0 radical (unpaired) electrons. The van der Waals surface area contributed by atoms with E-state index in [1.54, 1.807) is 6.92 Å². The first kappa shape index (κ1) is 24.7. The summed E-state index contributed by atoms with van der Waals surface area (Å²) in [7, 11) is 0. The Labute approximate surface area is 175 Å². The second kappa shape index (κ2) is 13.8. The van der Waals surface area contributed by atoms with Crippen molar-refractivity contribution in [2.45, 2.75) is 46.0 Å². The zero-order chi connectivity index (χ0) is 20.9. The first-order chi connectivity index (χ1) is 13.3. The minimum Gasteiger partial charge on any atom is -0.355 e. The molecule has 0 aromatic heterocycles. The van der Waals surface area contributed by atoms with E-state index in [0.717, 1.165) is 0 Å². The Bertz CT molecular complexity index is 561. The Morgan fingerprint density at radius 3 is 2.46 bits per heavy atom. The number of Topliss-reactive ketones (excluding diaryl/α,β-unsaturated/α-hetero) is 3. The fraction of sp³-hybridized carbons (Fsp3) is 0.737. The van der Waals surface area contributed by atoms with Gasteiger partial charge in [-0.1, -0.05) is 6.92 Å². The molecule has 1 aliphatic rings. The van der Waals surface area contributed by atoms with E-state index in [4.69, 9.17) is 0 Å². The highest BCUT2D eigenvalue weighted by atomic mass is 32.2. The highest BCUT2D eigenvalue weighted by molar-refractivity contribution is 8.16. The Morgan fingerprint density at radius 2 is 1.79 bits per heavy atom. The molecule has 1 unspecified atom stereocenters. The molecule has 1 saturated heterocycles. The third kappa shape index (κ3) is 10.3. The van der Waals surface area contributed by atoms with Crippen molar-refractivity contribution in [1.82, 2.24) is 10.2 Å². The highest BCUT2D eigenvalue weighted by Crippen LogP contribution is 2.17. The predicted molar refractivity (Wildman–Crippen MR) is 112 cm³/mol. The average molecular weight is 431 g/mol. The smallest absolute Gasteiger partial charge is 0.230 e. The molecule has 1 atom stereocenters. The van der Waals surface area contributed by atoms with Gasteiger partial charge in [-0.25, -0.2) is 0 Å². The molecule has 9 heteroatoms. The normalized spacial score (nSPS) is 19.1. The summed E-state index contributed by atoms with van der Waals surface area (Å²) in [5.41, 5.74) is 0. The molecule has 1 N–H and O–H groups in total. The van der Waals surface area contributed by atoms with E-state index in [9.17, 15) is 24.0 Å². The van der Waals surface area contributed by atoms with Crippen molar-refractivity contribution in [2.75, 3.05) is 36.2 Å². The molecule has 0 saturated carbocycles. The van der Waals surface area contributed by atoms with Gasteiger partial charge in [-0.3, -0.25) is 24.0 Å². The van der Waals surface area contributed by atoms with Crippen molar-refractivity contribution in [3.05, 3.63) is 0 Å². The molecule has 2 amide bonds. The van der Waals surface area contributed by atoms with Gasteiger partial charge in [-0.2, -0.15) is 0 Å². The molecule has 0 aliphatic carbocycles. The third-order valence-electron chi connectivity index (χ3n) is 4.43. The molecule has 0 bridgehead atoms. The van der Waals surface area contributed by atoms with Crippen LogP contribution in [-0.4, -0.2) is 70.3 Å². The van der Waals surface area contributed by atoms with Crippen LogP contribution in [0, 0.1) is 5.92 Å². The van der Waals surface area contributed by atoms with Gasteiger partial charge in [0.1, 0.15) is 17.3 Å². The lowest BCUT2D eigenvalue weighted by Crippen LogP contribution is -2.43. The third-order valence-corrected chi connectivity index (χ3v) is 6.76. The minimum atomic E-state index is -0.536. The minimum absolute atomic E-state index is 0.0316. The van der Waals surface area contributed by atoms with Crippen LogP contribution in [0.25, 0.3) is 0 Å². The van der Waals surface area contributed by atoms with Crippen molar-refractivity contribution < 1.29 is 24.0 Å². The van der Waals surface area contributed by atoms with Gasteiger partial charge in [0.15, 0.2) is 0 Å². The van der Waals surface area contributed by atoms with Crippen LogP contribution in [0.3, 0.4) is 0 Å². The quantitative estimate of drug-likeness (QED) is 0.625. The summed E-state index contributed by atoms with van der Waals surface area (Å²) in [5, 5.41) is 3.47. The molecule has 0 aromatic carbocycles. The number of rotatable bonds is 8. The Kier molecular flexibility index (Phi) is 12.1. The molecule has 1 fully saturated rings. The first-order valence-electron chi connectivity index (χ1n) is 9.57. The standard InChI is InChI=1S/C19H30N2O5S2/c1-3-16(23)7-9-21(8-6-14(2)22)19(26)15-4-5-17(24)11-27-13-28-12-18(25)20-10-15/h15H,3-13H2,1-2H3,(H,20,25). The fourth-order valence-corrected chi connectivity index (χ4v) is 4.47. The van der Waals surface area contributed by atoms with Gasteiger partial charge >= 0.3 is 0 Å². The molecule has 0 aromatic rings. The summed E-state index contributed by atoms with van der Waals surface area (Å²) in [4.78, 5) is 61.6. The zero-order valence-corrected chi connectivity index (χ0v) is 18.3. The number of nitrogens with zero attached hydrogens (tertiary/aromatic N) is 1. The van der Waals surface area contributed by atoms with Crippen LogP contribution in [0.2, 0.25) is 0 Å². The van der Waals surface area contributed by atoms with Crippen molar-refractivity contribution in [1.29, 1.82) is 0 Å². The maximum Gasteiger partial charge on any atom is 0.230 e. The summed E-state index contributed by atoms with van der Waals surface area (Å²) < 4.78 is 0. The monoisotopic (exact) mass is 430 g/mol. The van der Waals surface area contributed by atoms with E-state index in [-0.39, 0.29) is 68.1 Å². The lowest BCUT2D eigenvalue weighted by Gasteiger charge is -2.27. The molecule has 7 nitrogen and oxygen atoms in total. The molecule has 1 aliphatic heterocycles. The number of nitrogens with one attached hydrogen (secondary N) is 1. The number of amides is 2. The number of hydrogen-bond donors (Lipinski definition) is 1. The predicted octanol–water partition coefficient (Wildman–Crippen LogP) is 1.68. The van der Waals surface area contributed by atoms with Crippen LogP contribution in [0.4, 0.5) is 0 Å². The van der Waals surface area contributed by atoms with Gasteiger partial charge in [0.25, 0.3) is 0 Å². The molecule has 0 spiro atoms. The number of thioether (sulfide) groups is 2. The summed E-state index contributed by atoms with van der Waals surface area (Å²) in [5.74, 6) is -0.0942. The van der Waals surface area contributed by atoms with Crippen LogP contribution >= 0.6 is 23.5 Å². The van der Waals surface area contributed by atoms with Crippen LogP contribution in [-0.2, 0) is 24.0 Å². The molecule has 1 heterocycles. The molecular weight excluding hydrogens is 400 g/mol.